The molecule has 0 aliphatic carbocycles. The largest absolute Gasteiger partial charge is 0.450 e. The van der Waals surface area contributed by atoms with Crippen molar-refractivity contribution >= 4 is 18.0 Å². The van der Waals surface area contributed by atoms with Crippen LogP contribution in [-0.4, -0.2) is 30.7 Å². The van der Waals surface area contributed by atoms with Crippen molar-refractivity contribution in [1.82, 2.24) is 10.6 Å². The standard InChI is InChI=1S/C25H32N2O5/c1-19(2)32-25(30)27-18-22-11-6-10-21(16-22)17-26-24(29)31-15-7-12-23(28)14-13-20-8-4-3-5-9-20/h3-6,8-11,16,19H,7,12-15,17-18H2,1-2H3,(H,26,29)(H,27,30). The van der Waals surface area contributed by atoms with Gasteiger partial charge in [0.2, 0.25) is 0 Å². The molecule has 2 aromatic carbocycles. The predicted octanol–water partition coefficient (Wildman–Crippen LogP) is 4.53. The van der Waals surface area contributed by atoms with Gasteiger partial charge in [-0.15, -0.1) is 0 Å². The lowest BCUT2D eigenvalue weighted by Crippen LogP contribution is -2.26. The monoisotopic (exact) mass is 440 g/mol. The first-order valence-electron chi connectivity index (χ1n) is 10.9. The summed E-state index contributed by atoms with van der Waals surface area (Å²) in [6.45, 7) is 4.41. The first-order valence-corrected chi connectivity index (χ1v) is 10.9. The molecule has 7 heteroatoms. The number of hydrogen-bond donors (Lipinski definition) is 2. The number of carbonyl (C=O) groups excluding carboxylic acids is 3. The summed E-state index contributed by atoms with van der Waals surface area (Å²) in [5.74, 6) is 0.167. The average molecular weight is 441 g/mol. The molecule has 0 aromatic heterocycles. The Labute approximate surface area is 189 Å². The first-order chi connectivity index (χ1) is 15.4. The number of alkyl carbamates (subject to hydrolysis) is 2. The SMILES string of the molecule is CC(C)OC(=O)NCc1cccc(CNC(=O)OCCCC(=O)CCc2ccccc2)c1. The Morgan fingerprint density at radius 2 is 1.44 bits per heavy atom. The van der Waals surface area contributed by atoms with Crippen LogP contribution in [0.25, 0.3) is 0 Å². The molecule has 32 heavy (non-hydrogen) atoms. The average Bonchev–Trinajstić information content (AvgIpc) is 2.78. The molecule has 0 bridgehead atoms. The van der Waals surface area contributed by atoms with Gasteiger partial charge >= 0.3 is 12.2 Å². The molecule has 0 unspecified atom stereocenters. The maximum absolute atomic E-state index is 12.0. The number of Topliss-reactive ketones (excluding diaryl/α,β-unsaturated/α-hetero) is 1. The second-order valence-corrected chi connectivity index (χ2v) is 7.74. The van der Waals surface area contributed by atoms with E-state index in [0.717, 1.165) is 23.1 Å². The predicted molar refractivity (Wildman–Crippen MR) is 122 cm³/mol. The van der Waals surface area contributed by atoms with Crippen molar-refractivity contribution in [2.75, 3.05) is 6.61 Å². The third-order valence-electron chi connectivity index (χ3n) is 4.58. The summed E-state index contributed by atoms with van der Waals surface area (Å²) in [4.78, 5) is 35.4. The van der Waals surface area contributed by atoms with Crippen LogP contribution in [0.15, 0.2) is 54.6 Å². The molecule has 0 heterocycles. The number of ketones is 1. The van der Waals surface area contributed by atoms with Crippen molar-refractivity contribution in [1.29, 1.82) is 0 Å². The van der Waals surface area contributed by atoms with Crippen molar-refractivity contribution in [2.45, 2.75) is 58.7 Å². The number of hydrogen-bond acceptors (Lipinski definition) is 5. The number of aryl methyl sites for hydroxylation is 1. The Bertz CT molecular complexity index is 868. The third kappa shape index (κ3) is 10.6. The van der Waals surface area contributed by atoms with E-state index in [1.165, 1.54) is 0 Å². The summed E-state index contributed by atoms with van der Waals surface area (Å²) >= 11 is 0. The van der Waals surface area contributed by atoms with E-state index in [-0.39, 0.29) is 18.5 Å². The summed E-state index contributed by atoms with van der Waals surface area (Å²) in [6.07, 6.45) is 0.967. The van der Waals surface area contributed by atoms with Gasteiger partial charge in [-0.05, 0) is 43.4 Å². The number of carbonyl (C=O) groups is 3. The summed E-state index contributed by atoms with van der Waals surface area (Å²) in [5.41, 5.74) is 2.92. The highest BCUT2D eigenvalue weighted by molar-refractivity contribution is 5.78. The molecule has 172 valence electrons. The maximum Gasteiger partial charge on any atom is 0.407 e. The van der Waals surface area contributed by atoms with Gasteiger partial charge in [0.05, 0.1) is 12.7 Å². The van der Waals surface area contributed by atoms with Crippen LogP contribution in [0.3, 0.4) is 0 Å². The van der Waals surface area contributed by atoms with Crippen LogP contribution in [0.1, 0.15) is 49.8 Å². The van der Waals surface area contributed by atoms with Crippen LogP contribution in [0.5, 0.6) is 0 Å². The molecular weight excluding hydrogens is 408 g/mol. The van der Waals surface area contributed by atoms with Crippen molar-refractivity contribution in [2.24, 2.45) is 0 Å². The van der Waals surface area contributed by atoms with Crippen LogP contribution in [0, 0.1) is 0 Å². The van der Waals surface area contributed by atoms with E-state index >= 15 is 0 Å². The van der Waals surface area contributed by atoms with E-state index in [9.17, 15) is 14.4 Å². The van der Waals surface area contributed by atoms with E-state index in [0.29, 0.717) is 32.4 Å². The summed E-state index contributed by atoms with van der Waals surface area (Å²) < 4.78 is 10.2. The Morgan fingerprint density at radius 1 is 0.812 bits per heavy atom. The van der Waals surface area contributed by atoms with Crippen molar-refractivity contribution < 1.29 is 23.9 Å². The molecule has 0 fully saturated rings. The summed E-state index contributed by atoms with van der Waals surface area (Å²) in [5, 5.41) is 5.38. The van der Waals surface area contributed by atoms with Gasteiger partial charge < -0.3 is 20.1 Å². The minimum atomic E-state index is -0.522. The van der Waals surface area contributed by atoms with Gasteiger partial charge in [-0.3, -0.25) is 4.79 Å². The molecule has 0 radical (unpaired) electrons. The molecule has 2 amide bonds. The molecule has 0 spiro atoms. The smallest absolute Gasteiger partial charge is 0.407 e. The molecule has 0 saturated carbocycles. The second-order valence-electron chi connectivity index (χ2n) is 7.74. The maximum atomic E-state index is 12.0. The topological polar surface area (TPSA) is 93.7 Å². The highest BCUT2D eigenvalue weighted by Gasteiger charge is 2.07. The van der Waals surface area contributed by atoms with Crippen LogP contribution >= 0.6 is 0 Å². The zero-order valence-corrected chi connectivity index (χ0v) is 18.8. The van der Waals surface area contributed by atoms with Gasteiger partial charge in [0, 0.05) is 25.9 Å². The van der Waals surface area contributed by atoms with Gasteiger partial charge in [0.15, 0.2) is 0 Å². The Kier molecular flexibility index (Phi) is 10.8. The van der Waals surface area contributed by atoms with E-state index in [1.807, 2.05) is 54.6 Å². The lowest BCUT2D eigenvalue weighted by molar-refractivity contribution is -0.119. The Hall–Kier alpha value is -3.35. The highest BCUT2D eigenvalue weighted by Crippen LogP contribution is 2.07. The second kappa shape index (κ2) is 13.9. The molecule has 0 aliphatic heterocycles. The summed E-state index contributed by atoms with van der Waals surface area (Å²) in [7, 11) is 0. The molecule has 2 aromatic rings. The normalized spacial score (nSPS) is 10.5. The van der Waals surface area contributed by atoms with E-state index in [2.05, 4.69) is 10.6 Å². The van der Waals surface area contributed by atoms with E-state index in [1.54, 1.807) is 13.8 Å². The fourth-order valence-electron chi connectivity index (χ4n) is 2.99. The number of nitrogens with one attached hydrogen (secondary N) is 2. The van der Waals surface area contributed by atoms with E-state index < -0.39 is 12.2 Å². The highest BCUT2D eigenvalue weighted by atomic mass is 16.6. The van der Waals surface area contributed by atoms with Crippen molar-refractivity contribution in [3.63, 3.8) is 0 Å². The zero-order chi connectivity index (χ0) is 23.2. The molecule has 0 aliphatic rings. The molecular formula is C25H32N2O5. The quantitative estimate of drug-likeness (QED) is 0.473. The Morgan fingerprint density at radius 3 is 2.09 bits per heavy atom. The van der Waals surface area contributed by atoms with Crippen LogP contribution < -0.4 is 10.6 Å². The fraction of sp³-hybridized carbons (Fsp3) is 0.400. The van der Waals surface area contributed by atoms with Crippen molar-refractivity contribution in [3.05, 3.63) is 71.3 Å². The van der Waals surface area contributed by atoms with Gasteiger partial charge in [-0.2, -0.15) is 0 Å². The first kappa shape index (κ1) is 24.9. The van der Waals surface area contributed by atoms with Crippen LogP contribution in [0.4, 0.5) is 9.59 Å². The number of ether oxygens (including phenoxy) is 2. The summed E-state index contributed by atoms with van der Waals surface area (Å²) in [6, 6.07) is 17.4. The minimum absolute atomic E-state index is 0.167. The van der Waals surface area contributed by atoms with Crippen LogP contribution in [0.2, 0.25) is 0 Å². The lowest BCUT2D eigenvalue weighted by Gasteiger charge is -2.11. The van der Waals surface area contributed by atoms with Gasteiger partial charge in [-0.1, -0.05) is 54.6 Å². The van der Waals surface area contributed by atoms with Gasteiger partial charge in [0.1, 0.15) is 5.78 Å². The Balaban J connectivity index is 1.59. The number of benzene rings is 2. The third-order valence-corrected chi connectivity index (χ3v) is 4.58. The number of rotatable bonds is 12. The molecule has 2 N–H and O–H groups in total. The zero-order valence-electron chi connectivity index (χ0n) is 18.8. The molecule has 0 saturated heterocycles. The van der Waals surface area contributed by atoms with E-state index in [4.69, 9.17) is 9.47 Å². The minimum Gasteiger partial charge on any atom is -0.450 e. The fourth-order valence-corrected chi connectivity index (χ4v) is 2.99. The molecule has 2 rings (SSSR count). The van der Waals surface area contributed by atoms with Crippen molar-refractivity contribution in [3.8, 4) is 0 Å². The van der Waals surface area contributed by atoms with Crippen LogP contribution in [-0.2, 0) is 33.8 Å². The number of amides is 2. The van der Waals surface area contributed by atoms with Gasteiger partial charge in [0.25, 0.3) is 0 Å². The lowest BCUT2D eigenvalue weighted by atomic mass is 10.1. The molecule has 0 atom stereocenters. The van der Waals surface area contributed by atoms with Gasteiger partial charge in [-0.25, -0.2) is 9.59 Å². The molecule has 7 nitrogen and oxygen atoms in total.